The topological polar surface area (TPSA) is 126 Å². The van der Waals surface area contributed by atoms with E-state index < -0.39 is 43.3 Å². The Balaban J connectivity index is 2.01. The lowest BCUT2D eigenvalue weighted by Gasteiger charge is -2.38. The van der Waals surface area contributed by atoms with E-state index in [1.807, 2.05) is 39.0 Å². The second-order valence-electron chi connectivity index (χ2n) is 8.69. The minimum absolute atomic E-state index is 0.588. The van der Waals surface area contributed by atoms with E-state index in [2.05, 4.69) is 13.0 Å². The predicted molar refractivity (Wildman–Crippen MR) is 133 cm³/mol. The van der Waals surface area contributed by atoms with Crippen LogP contribution in [0.4, 0.5) is 0 Å². The highest BCUT2D eigenvalue weighted by Crippen LogP contribution is 2.28. The third-order valence-electron chi connectivity index (χ3n) is 5.99. The van der Waals surface area contributed by atoms with Crippen LogP contribution in [-0.2, 0) is 14.3 Å². The number of methoxy groups -OCH3 is 1. The monoisotopic (exact) mass is 488 g/mol. The van der Waals surface area contributed by atoms with Crippen LogP contribution in [-0.4, -0.2) is 70.8 Å². The Morgan fingerprint density at radius 1 is 1.03 bits per heavy atom. The van der Waals surface area contributed by atoms with Gasteiger partial charge in [-0.15, -0.1) is 0 Å². The third-order valence-corrected chi connectivity index (χ3v) is 5.99. The van der Waals surface area contributed by atoms with Crippen molar-refractivity contribution in [3.63, 3.8) is 0 Å². The molecule has 1 aromatic carbocycles. The van der Waals surface area contributed by atoms with Crippen LogP contribution in [0.2, 0.25) is 0 Å². The van der Waals surface area contributed by atoms with Crippen LogP contribution in [0.15, 0.2) is 47.6 Å². The molecular formula is C27H36O8. The van der Waals surface area contributed by atoms with Crippen molar-refractivity contribution in [2.24, 2.45) is 0 Å². The summed E-state index contributed by atoms with van der Waals surface area (Å²) in [6.45, 7) is 9.22. The molecule has 0 spiro atoms. The van der Waals surface area contributed by atoms with Gasteiger partial charge in [0.05, 0.1) is 13.7 Å². The molecule has 192 valence electrons. The lowest BCUT2D eigenvalue weighted by molar-refractivity contribution is -0.291. The first-order valence-electron chi connectivity index (χ1n) is 11.4. The SMILES string of the molecule is COc1cc(C)c(C=CC(C)=CC=CC(C)=CC(=O)OC2O[C@H](CO)[C@@H](O)[C@H](O)[C@H]2O)c(C)c1C. The summed E-state index contributed by atoms with van der Waals surface area (Å²) in [6.07, 6.45) is 3.29. The smallest absolute Gasteiger partial charge is 0.333 e. The van der Waals surface area contributed by atoms with Gasteiger partial charge in [-0.3, -0.25) is 0 Å². The lowest BCUT2D eigenvalue weighted by Crippen LogP contribution is -2.59. The molecule has 0 aliphatic carbocycles. The number of carbonyl (C=O) groups is 1. The van der Waals surface area contributed by atoms with Crippen molar-refractivity contribution in [1.29, 1.82) is 0 Å². The Bertz CT molecular complexity index is 1020. The predicted octanol–water partition coefficient (Wildman–Crippen LogP) is 2.43. The van der Waals surface area contributed by atoms with Crippen LogP contribution in [0.3, 0.4) is 0 Å². The Morgan fingerprint density at radius 2 is 1.71 bits per heavy atom. The molecule has 0 aromatic heterocycles. The first-order valence-corrected chi connectivity index (χ1v) is 11.4. The third kappa shape index (κ3) is 7.37. The van der Waals surface area contributed by atoms with Crippen LogP contribution in [0.1, 0.15) is 36.1 Å². The van der Waals surface area contributed by atoms with Crippen LogP contribution >= 0.6 is 0 Å². The fraction of sp³-hybridized carbons (Fsp3) is 0.444. The number of ether oxygens (including phenoxy) is 3. The largest absolute Gasteiger partial charge is 0.496 e. The molecule has 0 saturated carbocycles. The van der Waals surface area contributed by atoms with E-state index in [4.69, 9.17) is 14.2 Å². The number of aliphatic hydroxyl groups is 4. The average molecular weight is 489 g/mol. The Hall–Kier alpha value is -2.75. The van der Waals surface area contributed by atoms with Gasteiger partial charge in [-0.05, 0) is 68.5 Å². The minimum atomic E-state index is -1.64. The summed E-state index contributed by atoms with van der Waals surface area (Å²) in [5, 5.41) is 38.8. The molecule has 1 heterocycles. The zero-order valence-electron chi connectivity index (χ0n) is 21.1. The van der Waals surface area contributed by atoms with Crippen molar-refractivity contribution in [3.8, 4) is 5.75 Å². The minimum Gasteiger partial charge on any atom is -0.496 e. The highest BCUT2D eigenvalue weighted by Gasteiger charge is 2.45. The van der Waals surface area contributed by atoms with Gasteiger partial charge in [0.25, 0.3) is 0 Å². The number of esters is 1. The average Bonchev–Trinajstić information content (AvgIpc) is 2.81. The van der Waals surface area contributed by atoms with Gasteiger partial charge < -0.3 is 34.6 Å². The van der Waals surface area contributed by atoms with Gasteiger partial charge in [0, 0.05) is 6.08 Å². The molecule has 1 aliphatic rings. The Morgan fingerprint density at radius 3 is 2.34 bits per heavy atom. The van der Waals surface area contributed by atoms with E-state index in [-0.39, 0.29) is 0 Å². The zero-order chi connectivity index (χ0) is 26.3. The van der Waals surface area contributed by atoms with Crippen molar-refractivity contribution >= 4 is 12.0 Å². The van der Waals surface area contributed by atoms with Crippen molar-refractivity contribution in [2.45, 2.75) is 65.3 Å². The number of benzene rings is 1. The van der Waals surface area contributed by atoms with E-state index >= 15 is 0 Å². The second-order valence-corrected chi connectivity index (χ2v) is 8.69. The highest BCUT2D eigenvalue weighted by molar-refractivity contribution is 5.83. The summed E-state index contributed by atoms with van der Waals surface area (Å²) in [5.41, 5.74) is 6.14. The number of hydrogen-bond acceptors (Lipinski definition) is 8. The first-order chi connectivity index (χ1) is 16.5. The number of carbonyl (C=O) groups excluding carboxylic acids is 1. The van der Waals surface area contributed by atoms with Gasteiger partial charge in [0.15, 0.2) is 0 Å². The van der Waals surface area contributed by atoms with Gasteiger partial charge in [0.1, 0.15) is 30.2 Å². The zero-order valence-corrected chi connectivity index (χ0v) is 21.1. The molecule has 0 amide bonds. The molecule has 1 aromatic rings. The summed E-state index contributed by atoms with van der Waals surface area (Å²) >= 11 is 0. The Kier molecular flexibility index (Phi) is 10.4. The molecular weight excluding hydrogens is 452 g/mol. The maximum absolute atomic E-state index is 12.2. The summed E-state index contributed by atoms with van der Waals surface area (Å²) in [7, 11) is 1.67. The molecule has 4 N–H and O–H groups in total. The Labute approximate surface area is 206 Å². The molecule has 2 rings (SSSR count). The van der Waals surface area contributed by atoms with E-state index in [1.165, 1.54) is 6.08 Å². The summed E-state index contributed by atoms with van der Waals surface area (Å²) < 4.78 is 15.6. The lowest BCUT2D eigenvalue weighted by atomic mass is 9.96. The second kappa shape index (κ2) is 12.8. The summed E-state index contributed by atoms with van der Waals surface area (Å²) in [4.78, 5) is 12.2. The highest BCUT2D eigenvalue weighted by atomic mass is 16.7. The molecule has 1 unspecified atom stereocenters. The van der Waals surface area contributed by atoms with Gasteiger partial charge in [-0.2, -0.15) is 0 Å². The maximum atomic E-state index is 12.2. The fourth-order valence-corrected chi connectivity index (χ4v) is 3.70. The molecule has 1 aliphatic heterocycles. The number of allylic oxidation sites excluding steroid dienone is 6. The molecule has 8 nitrogen and oxygen atoms in total. The normalized spacial score (nSPS) is 25.9. The number of aliphatic hydroxyl groups excluding tert-OH is 4. The molecule has 8 heteroatoms. The van der Waals surface area contributed by atoms with Crippen molar-refractivity contribution in [2.75, 3.05) is 13.7 Å². The fourth-order valence-electron chi connectivity index (χ4n) is 3.70. The molecule has 5 atom stereocenters. The van der Waals surface area contributed by atoms with Gasteiger partial charge in [0.2, 0.25) is 6.29 Å². The first kappa shape index (κ1) is 28.5. The van der Waals surface area contributed by atoms with Crippen LogP contribution in [0.5, 0.6) is 5.75 Å². The van der Waals surface area contributed by atoms with Gasteiger partial charge in [-0.25, -0.2) is 4.79 Å². The molecule has 35 heavy (non-hydrogen) atoms. The van der Waals surface area contributed by atoms with Gasteiger partial charge >= 0.3 is 5.97 Å². The van der Waals surface area contributed by atoms with E-state index in [1.54, 1.807) is 26.2 Å². The summed E-state index contributed by atoms with van der Waals surface area (Å²) in [6, 6.07) is 2.03. The van der Waals surface area contributed by atoms with Crippen LogP contribution < -0.4 is 4.74 Å². The summed E-state index contributed by atoms with van der Waals surface area (Å²) in [5.74, 6) is 0.0811. The quantitative estimate of drug-likeness (QED) is 0.250. The number of rotatable bonds is 8. The molecule has 1 saturated heterocycles. The number of hydrogen-bond donors (Lipinski definition) is 4. The van der Waals surface area contributed by atoms with Crippen molar-refractivity contribution < 1.29 is 39.4 Å². The molecule has 0 radical (unpaired) electrons. The van der Waals surface area contributed by atoms with E-state index in [0.717, 1.165) is 33.6 Å². The van der Waals surface area contributed by atoms with E-state index in [9.17, 15) is 25.2 Å². The van der Waals surface area contributed by atoms with Crippen molar-refractivity contribution in [1.82, 2.24) is 0 Å². The molecule has 0 bridgehead atoms. The van der Waals surface area contributed by atoms with Gasteiger partial charge in [-0.1, -0.05) is 36.0 Å². The van der Waals surface area contributed by atoms with E-state index in [0.29, 0.717) is 5.57 Å². The maximum Gasteiger partial charge on any atom is 0.333 e. The standard InChI is InChI=1S/C27H36O8/c1-15(10-11-20-17(3)13-21(33-6)19(5)18(20)4)8-7-9-16(2)12-23(29)35-27-26(32)25(31)24(30)22(14-28)34-27/h7-13,22,24-28,30-32H,14H2,1-6H3/t22-,24-,25+,26-,27?/m1/s1. The molecule has 1 fully saturated rings. The van der Waals surface area contributed by atoms with Crippen LogP contribution in [0, 0.1) is 20.8 Å². The van der Waals surface area contributed by atoms with Crippen molar-refractivity contribution in [3.05, 3.63) is 69.8 Å². The van der Waals surface area contributed by atoms with Crippen LogP contribution in [0.25, 0.3) is 6.08 Å². The number of aryl methyl sites for hydroxylation is 1.